The van der Waals surface area contributed by atoms with E-state index in [4.69, 9.17) is 11.6 Å². The van der Waals surface area contributed by atoms with Gasteiger partial charge in [-0.2, -0.15) is 0 Å². The van der Waals surface area contributed by atoms with Crippen LogP contribution in [0.4, 0.5) is 0 Å². The maximum Gasteiger partial charge on any atom is 0.243 e. The summed E-state index contributed by atoms with van der Waals surface area (Å²) < 4.78 is 0. The third-order valence-electron chi connectivity index (χ3n) is 4.42. The van der Waals surface area contributed by atoms with Crippen LogP contribution in [0.3, 0.4) is 0 Å². The third kappa shape index (κ3) is 7.75. The number of hydrogen-bond acceptors (Lipinski definition) is 3. The van der Waals surface area contributed by atoms with Crippen LogP contribution in [0.25, 0.3) is 0 Å². The van der Waals surface area contributed by atoms with Crippen LogP contribution in [0.1, 0.15) is 38.3 Å². The highest BCUT2D eigenvalue weighted by atomic mass is 35.5. The number of carbonyl (C=O) groups is 2. The standard InChI is InChI=1S/C23H29ClN2O2S/c1-4-21(23(28)25-17(2)3)26(14-18-8-6-5-7-9-18)22(27)16-29-15-19-10-12-20(24)13-11-19/h5-13,17,21H,4,14-16H2,1-3H3,(H,25,28)/t21-/m1/s1. The third-order valence-corrected chi connectivity index (χ3v) is 5.66. The minimum atomic E-state index is -0.485. The molecule has 0 aliphatic heterocycles. The summed E-state index contributed by atoms with van der Waals surface area (Å²) in [5, 5.41) is 3.65. The van der Waals surface area contributed by atoms with Crippen LogP contribution >= 0.6 is 23.4 Å². The van der Waals surface area contributed by atoms with Crippen LogP contribution < -0.4 is 5.32 Å². The van der Waals surface area contributed by atoms with Gasteiger partial charge in [-0.05, 0) is 43.5 Å². The van der Waals surface area contributed by atoms with E-state index in [0.717, 1.165) is 16.9 Å². The molecule has 6 heteroatoms. The minimum Gasteiger partial charge on any atom is -0.352 e. The molecule has 4 nitrogen and oxygen atoms in total. The maximum atomic E-state index is 13.1. The highest BCUT2D eigenvalue weighted by molar-refractivity contribution is 7.99. The number of rotatable bonds is 10. The minimum absolute atomic E-state index is 0.0291. The normalized spacial score (nSPS) is 11.9. The van der Waals surface area contributed by atoms with Crippen molar-refractivity contribution in [1.82, 2.24) is 10.2 Å². The Labute approximate surface area is 183 Å². The van der Waals surface area contributed by atoms with Gasteiger partial charge in [0.05, 0.1) is 5.75 Å². The molecule has 0 heterocycles. The number of carbonyl (C=O) groups excluding carboxylic acids is 2. The fourth-order valence-corrected chi connectivity index (χ4v) is 4.00. The summed E-state index contributed by atoms with van der Waals surface area (Å²) >= 11 is 7.47. The zero-order valence-corrected chi connectivity index (χ0v) is 18.8. The molecule has 2 aromatic rings. The molecule has 0 bridgehead atoms. The van der Waals surface area contributed by atoms with Crippen molar-refractivity contribution < 1.29 is 9.59 Å². The van der Waals surface area contributed by atoms with Gasteiger partial charge >= 0.3 is 0 Å². The van der Waals surface area contributed by atoms with Gasteiger partial charge in [0.2, 0.25) is 11.8 Å². The van der Waals surface area contributed by atoms with Crippen molar-refractivity contribution in [2.24, 2.45) is 0 Å². The zero-order chi connectivity index (χ0) is 21.2. The lowest BCUT2D eigenvalue weighted by Gasteiger charge is -2.31. The second-order valence-corrected chi connectivity index (χ2v) is 8.64. The van der Waals surface area contributed by atoms with E-state index in [1.165, 1.54) is 0 Å². The van der Waals surface area contributed by atoms with Crippen molar-refractivity contribution in [2.45, 2.75) is 51.6 Å². The smallest absolute Gasteiger partial charge is 0.243 e. The molecule has 0 spiro atoms. The number of halogens is 1. The van der Waals surface area contributed by atoms with E-state index >= 15 is 0 Å². The Morgan fingerprint density at radius 1 is 1.03 bits per heavy atom. The van der Waals surface area contributed by atoms with Crippen LogP contribution in [-0.2, 0) is 21.9 Å². The number of nitrogens with one attached hydrogen (secondary N) is 1. The number of hydrogen-bond donors (Lipinski definition) is 1. The Balaban J connectivity index is 2.08. The molecule has 0 fully saturated rings. The second-order valence-electron chi connectivity index (χ2n) is 7.21. The molecule has 0 unspecified atom stereocenters. The molecule has 156 valence electrons. The molecule has 0 radical (unpaired) electrons. The predicted octanol–water partition coefficient (Wildman–Crippen LogP) is 4.91. The first kappa shape index (κ1) is 23.3. The average molecular weight is 433 g/mol. The van der Waals surface area contributed by atoms with Crippen LogP contribution in [0, 0.1) is 0 Å². The Morgan fingerprint density at radius 2 is 1.69 bits per heavy atom. The average Bonchev–Trinajstić information content (AvgIpc) is 2.69. The van der Waals surface area contributed by atoms with Gasteiger partial charge in [0, 0.05) is 23.4 Å². The summed E-state index contributed by atoms with van der Waals surface area (Å²) in [4.78, 5) is 27.5. The number of benzene rings is 2. The van der Waals surface area contributed by atoms with Gasteiger partial charge in [-0.15, -0.1) is 11.8 Å². The molecule has 0 aromatic heterocycles. The van der Waals surface area contributed by atoms with Gasteiger partial charge in [-0.3, -0.25) is 9.59 Å². The van der Waals surface area contributed by atoms with Crippen molar-refractivity contribution in [1.29, 1.82) is 0 Å². The van der Waals surface area contributed by atoms with Crippen molar-refractivity contribution in [3.63, 3.8) is 0 Å². The number of nitrogens with zero attached hydrogens (tertiary/aromatic N) is 1. The molecule has 2 rings (SSSR count). The van der Waals surface area contributed by atoms with E-state index in [1.807, 2.05) is 75.4 Å². The lowest BCUT2D eigenvalue weighted by atomic mass is 10.1. The number of thioether (sulfide) groups is 1. The molecule has 1 atom stereocenters. The van der Waals surface area contributed by atoms with Crippen molar-refractivity contribution in [2.75, 3.05) is 5.75 Å². The van der Waals surface area contributed by atoms with Crippen LogP contribution in [0.5, 0.6) is 0 Å². The van der Waals surface area contributed by atoms with Crippen LogP contribution in [0.15, 0.2) is 54.6 Å². The molecule has 29 heavy (non-hydrogen) atoms. The SMILES string of the molecule is CC[C@H](C(=O)NC(C)C)N(Cc1ccccc1)C(=O)CSCc1ccc(Cl)cc1. The number of amides is 2. The molecule has 2 amide bonds. The van der Waals surface area contributed by atoms with E-state index in [0.29, 0.717) is 23.7 Å². The molecule has 0 saturated carbocycles. The Kier molecular flexibility index (Phi) is 9.55. The van der Waals surface area contributed by atoms with E-state index in [-0.39, 0.29) is 17.9 Å². The fraction of sp³-hybridized carbons (Fsp3) is 0.391. The summed E-state index contributed by atoms with van der Waals surface area (Å²) in [5.41, 5.74) is 2.13. The topological polar surface area (TPSA) is 49.4 Å². The highest BCUT2D eigenvalue weighted by Gasteiger charge is 2.28. The second kappa shape index (κ2) is 11.9. The van der Waals surface area contributed by atoms with E-state index in [2.05, 4.69) is 5.32 Å². The Hall–Kier alpha value is -1.98. The van der Waals surface area contributed by atoms with Gasteiger partial charge < -0.3 is 10.2 Å². The zero-order valence-electron chi connectivity index (χ0n) is 17.2. The van der Waals surface area contributed by atoms with Crippen molar-refractivity contribution in [3.8, 4) is 0 Å². The fourth-order valence-electron chi connectivity index (χ4n) is 3.00. The maximum absolute atomic E-state index is 13.1. The van der Waals surface area contributed by atoms with E-state index in [9.17, 15) is 9.59 Å². The molecule has 0 aliphatic carbocycles. The lowest BCUT2D eigenvalue weighted by Crippen LogP contribution is -2.50. The summed E-state index contributed by atoms with van der Waals surface area (Å²) in [6.07, 6.45) is 0.568. The first-order chi connectivity index (χ1) is 13.9. The van der Waals surface area contributed by atoms with Crippen molar-refractivity contribution in [3.05, 3.63) is 70.7 Å². The quantitative estimate of drug-likeness (QED) is 0.580. The molecule has 0 saturated heterocycles. The highest BCUT2D eigenvalue weighted by Crippen LogP contribution is 2.18. The van der Waals surface area contributed by atoms with E-state index in [1.54, 1.807) is 16.7 Å². The van der Waals surface area contributed by atoms with Gasteiger partial charge in [-0.25, -0.2) is 0 Å². The van der Waals surface area contributed by atoms with Crippen LogP contribution in [-0.4, -0.2) is 34.6 Å². The summed E-state index contributed by atoms with van der Waals surface area (Å²) in [5.74, 6) is 0.908. The summed E-state index contributed by atoms with van der Waals surface area (Å²) in [6.45, 7) is 6.22. The summed E-state index contributed by atoms with van der Waals surface area (Å²) in [6, 6.07) is 17.0. The predicted molar refractivity (Wildman–Crippen MR) is 122 cm³/mol. The van der Waals surface area contributed by atoms with Crippen LogP contribution in [0.2, 0.25) is 5.02 Å². The molecule has 0 aliphatic rings. The monoisotopic (exact) mass is 432 g/mol. The molecular weight excluding hydrogens is 404 g/mol. The first-order valence-corrected chi connectivity index (χ1v) is 11.4. The van der Waals surface area contributed by atoms with Crippen molar-refractivity contribution >= 4 is 35.2 Å². The van der Waals surface area contributed by atoms with Gasteiger partial charge in [-0.1, -0.05) is 61.0 Å². The largest absolute Gasteiger partial charge is 0.352 e. The Bertz CT molecular complexity index is 781. The molecular formula is C23H29ClN2O2S. The van der Waals surface area contributed by atoms with E-state index < -0.39 is 6.04 Å². The van der Waals surface area contributed by atoms with Gasteiger partial charge in [0.15, 0.2) is 0 Å². The van der Waals surface area contributed by atoms with Gasteiger partial charge in [0.1, 0.15) is 6.04 Å². The summed E-state index contributed by atoms with van der Waals surface area (Å²) in [7, 11) is 0. The van der Waals surface area contributed by atoms with Gasteiger partial charge in [0.25, 0.3) is 0 Å². The lowest BCUT2D eigenvalue weighted by molar-refractivity contribution is -0.139. The Morgan fingerprint density at radius 3 is 2.28 bits per heavy atom. The molecule has 2 aromatic carbocycles. The molecule has 1 N–H and O–H groups in total. The first-order valence-electron chi connectivity index (χ1n) is 9.86.